The summed E-state index contributed by atoms with van der Waals surface area (Å²) in [4.78, 5) is 10.1. The molecular formula is C14H10N2O5S. The van der Waals surface area contributed by atoms with Crippen molar-refractivity contribution in [2.75, 3.05) is 0 Å². The van der Waals surface area contributed by atoms with Crippen LogP contribution in [-0.4, -0.2) is 17.9 Å². The van der Waals surface area contributed by atoms with Crippen LogP contribution in [0.25, 0.3) is 0 Å². The van der Waals surface area contributed by atoms with Gasteiger partial charge in [0.15, 0.2) is 0 Å². The lowest BCUT2D eigenvalue weighted by Crippen LogP contribution is -2.06. The number of benzene rings is 2. The van der Waals surface area contributed by atoms with E-state index in [-0.39, 0.29) is 33.7 Å². The van der Waals surface area contributed by atoms with Crippen LogP contribution in [0.5, 0.6) is 0 Å². The van der Waals surface area contributed by atoms with Gasteiger partial charge in [-0.1, -0.05) is 24.3 Å². The molecule has 2 rings (SSSR count). The maximum Gasteiger partial charge on any atom is 0.294 e. The van der Waals surface area contributed by atoms with Gasteiger partial charge in [-0.15, -0.1) is 0 Å². The maximum absolute atomic E-state index is 11.4. The fraction of sp³-hybridized carbons (Fsp3) is 0.0714. The van der Waals surface area contributed by atoms with E-state index in [1.165, 1.54) is 36.4 Å². The van der Waals surface area contributed by atoms with Crippen LogP contribution in [0.4, 0.5) is 5.69 Å². The second-order valence-electron chi connectivity index (χ2n) is 4.43. The standard InChI is InChI=1S/C14H10N2O5S/c15-9-11-5-3-6-13(16(17)18)12(11)8-10-4-1-2-7-14(10)22(19,20)21/h1-7H,8H2,(H,19,20,21). The summed E-state index contributed by atoms with van der Waals surface area (Å²) in [6, 6.07) is 11.5. The molecule has 0 bridgehead atoms. The highest BCUT2D eigenvalue weighted by atomic mass is 32.2. The first kappa shape index (κ1) is 15.6. The van der Waals surface area contributed by atoms with Crippen LogP contribution < -0.4 is 0 Å². The molecule has 0 aliphatic heterocycles. The van der Waals surface area contributed by atoms with Crippen LogP contribution in [0.3, 0.4) is 0 Å². The first-order chi connectivity index (χ1) is 10.3. The first-order valence-corrected chi connectivity index (χ1v) is 7.50. The van der Waals surface area contributed by atoms with Crippen LogP contribution >= 0.6 is 0 Å². The zero-order valence-corrected chi connectivity index (χ0v) is 11.9. The summed E-state index contributed by atoms with van der Waals surface area (Å²) in [5.41, 5.74) is 0.0884. The Labute approximate surface area is 126 Å². The molecule has 0 unspecified atom stereocenters. The second kappa shape index (κ2) is 5.93. The van der Waals surface area contributed by atoms with E-state index >= 15 is 0 Å². The normalized spacial score (nSPS) is 10.9. The molecule has 2 aromatic carbocycles. The lowest BCUT2D eigenvalue weighted by Gasteiger charge is -2.09. The van der Waals surface area contributed by atoms with Crippen molar-refractivity contribution in [3.63, 3.8) is 0 Å². The summed E-state index contributed by atoms with van der Waals surface area (Å²) in [5, 5.41) is 20.2. The highest BCUT2D eigenvalue weighted by Crippen LogP contribution is 2.27. The lowest BCUT2D eigenvalue weighted by molar-refractivity contribution is -0.385. The Balaban J connectivity index is 2.63. The Morgan fingerprint density at radius 1 is 1.18 bits per heavy atom. The fourth-order valence-electron chi connectivity index (χ4n) is 2.13. The van der Waals surface area contributed by atoms with Gasteiger partial charge in [0.2, 0.25) is 0 Å². The largest absolute Gasteiger partial charge is 0.294 e. The molecular weight excluding hydrogens is 308 g/mol. The van der Waals surface area contributed by atoms with Crippen LogP contribution in [-0.2, 0) is 16.5 Å². The van der Waals surface area contributed by atoms with Gasteiger partial charge < -0.3 is 0 Å². The number of nitro groups is 1. The Morgan fingerprint density at radius 3 is 2.45 bits per heavy atom. The van der Waals surface area contributed by atoms with Crippen molar-refractivity contribution in [1.82, 2.24) is 0 Å². The van der Waals surface area contributed by atoms with Crippen molar-refractivity contribution >= 4 is 15.8 Å². The van der Waals surface area contributed by atoms with Gasteiger partial charge in [-0.25, -0.2) is 0 Å². The van der Waals surface area contributed by atoms with E-state index in [2.05, 4.69) is 0 Å². The monoisotopic (exact) mass is 318 g/mol. The van der Waals surface area contributed by atoms with Crippen molar-refractivity contribution < 1.29 is 17.9 Å². The van der Waals surface area contributed by atoms with Gasteiger partial charge in [0.25, 0.3) is 15.8 Å². The van der Waals surface area contributed by atoms with Crippen LogP contribution in [0, 0.1) is 21.4 Å². The predicted molar refractivity (Wildman–Crippen MR) is 76.9 cm³/mol. The van der Waals surface area contributed by atoms with Gasteiger partial charge in [0.1, 0.15) is 0 Å². The van der Waals surface area contributed by atoms with Crippen molar-refractivity contribution in [1.29, 1.82) is 5.26 Å². The van der Waals surface area contributed by atoms with Gasteiger partial charge in [0.05, 0.1) is 27.0 Å². The average Bonchev–Trinajstić information content (AvgIpc) is 2.46. The summed E-state index contributed by atoms with van der Waals surface area (Å²) in [6.07, 6.45) is -0.157. The predicted octanol–water partition coefficient (Wildman–Crippen LogP) is 2.30. The third-order valence-electron chi connectivity index (χ3n) is 3.09. The highest BCUT2D eigenvalue weighted by Gasteiger charge is 2.21. The minimum atomic E-state index is -4.46. The number of hydrogen-bond acceptors (Lipinski definition) is 5. The molecule has 0 aliphatic rings. The SMILES string of the molecule is N#Cc1cccc([N+](=O)[O-])c1Cc1ccccc1S(=O)(=O)O. The fourth-order valence-corrected chi connectivity index (χ4v) is 2.85. The van der Waals surface area contributed by atoms with E-state index in [9.17, 15) is 23.1 Å². The van der Waals surface area contributed by atoms with E-state index < -0.39 is 15.0 Å². The molecule has 0 heterocycles. The number of hydrogen-bond donors (Lipinski definition) is 1. The molecule has 0 saturated carbocycles. The van der Waals surface area contributed by atoms with Crippen molar-refractivity contribution in [2.24, 2.45) is 0 Å². The zero-order valence-electron chi connectivity index (χ0n) is 11.1. The molecule has 0 fully saturated rings. The minimum Gasteiger partial charge on any atom is -0.282 e. The molecule has 0 amide bonds. The zero-order chi connectivity index (χ0) is 16.3. The van der Waals surface area contributed by atoms with E-state index in [4.69, 9.17) is 5.26 Å². The second-order valence-corrected chi connectivity index (χ2v) is 5.82. The molecule has 0 spiro atoms. The van der Waals surface area contributed by atoms with E-state index in [0.29, 0.717) is 0 Å². The molecule has 0 aliphatic carbocycles. The quantitative estimate of drug-likeness (QED) is 0.524. The average molecular weight is 318 g/mol. The molecule has 8 heteroatoms. The van der Waals surface area contributed by atoms with Crippen LogP contribution in [0.1, 0.15) is 16.7 Å². The molecule has 2 aromatic rings. The van der Waals surface area contributed by atoms with Gasteiger partial charge in [-0.2, -0.15) is 13.7 Å². The smallest absolute Gasteiger partial charge is 0.282 e. The molecule has 0 saturated heterocycles. The molecule has 0 aromatic heterocycles. The molecule has 0 atom stereocenters. The van der Waals surface area contributed by atoms with Gasteiger partial charge in [0, 0.05) is 12.5 Å². The third kappa shape index (κ3) is 3.11. The minimum absolute atomic E-state index is 0.0827. The highest BCUT2D eigenvalue weighted by molar-refractivity contribution is 7.85. The molecule has 22 heavy (non-hydrogen) atoms. The molecule has 1 N–H and O–H groups in total. The molecule has 112 valence electrons. The van der Waals surface area contributed by atoms with Crippen molar-refractivity contribution in [3.05, 3.63) is 69.3 Å². The van der Waals surface area contributed by atoms with E-state index in [1.807, 2.05) is 6.07 Å². The Hall–Kier alpha value is -2.76. The van der Waals surface area contributed by atoms with Gasteiger partial charge in [-0.05, 0) is 17.7 Å². The summed E-state index contributed by atoms with van der Waals surface area (Å²) in [5.74, 6) is 0. The number of rotatable bonds is 4. The molecule has 0 radical (unpaired) electrons. The van der Waals surface area contributed by atoms with Crippen molar-refractivity contribution in [2.45, 2.75) is 11.3 Å². The summed E-state index contributed by atoms with van der Waals surface area (Å²) in [6.45, 7) is 0. The third-order valence-corrected chi connectivity index (χ3v) is 4.04. The van der Waals surface area contributed by atoms with Gasteiger partial charge >= 0.3 is 0 Å². The topological polar surface area (TPSA) is 121 Å². The molecule has 7 nitrogen and oxygen atoms in total. The Morgan fingerprint density at radius 2 is 1.86 bits per heavy atom. The Bertz CT molecular complexity index is 884. The lowest BCUT2D eigenvalue weighted by atomic mass is 9.98. The first-order valence-electron chi connectivity index (χ1n) is 6.06. The number of nitro benzene ring substituents is 1. The maximum atomic E-state index is 11.4. The van der Waals surface area contributed by atoms with Crippen LogP contribution in [0.2, 0.25) is 0 Å². The van der Waals surface area contributed by atoms with E-state index in [0.717, 1.165) is 0 Å². The van der Waals surface area contributed by atoms with Gasteiger partial charge in [-0.3, -0.25) is 14.7 Å². The number of nitriles is 1. The summed E-state index contributed by atoms with van der Waals surface area (Å²) >= 11 is 0. The van der Waals surface area contributed by atoms with Crippen LogP contribution in [0.15, 0.2) is 47.4 Å². The summed E-state index contributed by atoms with van der Waals surface area (Å²) < 4.78 is 32.0. The Kier molecular flexibility index (Phi) is 4.21. The number of nitrogens with zero attached hydrogens (tertiary/aromatic N) is 2. The summed E-state index contributed by atoms with van der Waals surface area (Å²) in [7, 11) is -4.46. The van der Waals surface area contributed by atoms with Crippen molar-refractivity contribution in [3.8, 4) is 6.07 Å². The van der Waals surface area contributed by atoms with E-state index in [1.54, 1.807) is 6.07 Å².